The van der Waals surface area contributed by atoms with Crippen LogP contribution in [0.2, 0.25) is 0 Å². The predicted octanol–water partition coefficient (Wildman–Crippen LogP) is 2.86. The minimum absolute atomic E-state index is 0.248. The van der Waals surface area contributed by atoms with E-state index in [0.29, 0.717) is 12.3 Å². The molecule has 2 rings (SSSR count). The van der Waals surface area contributed by atoms with Crippen LogP contribution in [0.4, 0.5) is 0 Å². The van der Waals surface area contributed by atoms with E-state index < -0.39 is 0 Å². The van der Waals surface area contributed by atoms with Crippen molar-refractivity contribution in [2.45, 2.75) is 26.2 Å². The van der Waals surface area contributed by atoms with Crippen molar-refractivity contribution < 1.29 is 9.53 Å². The molecule has 0 spiro atoms. The number of carbonyl (C=O) groups is 1. The average molecular weight is 218 g/mol. The number of benzene rings is 1. The fraction of sp³-hybridized carbons (Fsp3) is 0.500. The van der Waals surface area contributed by atoms with Crippen molar-refractivity contribution in [3.05, 3.63) is 35.4 Å². The first-order chi connectivity index (χ1) is 7.79. The summed E-state index contributed by atoms with van der Waals surface area (Å²) in [5, 5.41) is 0. The zero-order valence-electron chi connectivity index (χ0n) is 9.74. The van der Waals surface area contributed by atoms with E-state index >= 15 is 0 Å². The maximum absolute atomic E-state index is 11.9. The lowest BCUT2D eigenvalue weighted by Crippen LogP contribution is -2.08. The third-order valence-electron chi connectivity index (χ3n) is 3.18. The van der Waals surface area contributed by atoms with Crippen LogP contribution in [-0.2, 0) is 11.2 Å². The smallest absolute Gasteiger partial charge is 0.163 e. The second-order valence-corrected chi connectivity index (χ2v) is 4.41. The summed E-state index contributed by atoms with van der Waals surface area (Å²) in [7, 11) is 0. The molecule has 16 heavy (non-hydrogen) atoms. The Morgan fingerprint density at radius 2 is 2.12 bits per heavy atom. The van der Waals surface area contributed by atoms with E-state index in [2.05, 4.69) is 6.92 Å². The highest BCUT2D eigenvalue weighted by molar-refractivity contribution is 5.96. The Labute approximate surface area is 96.6 Å². The zero-order valence-corrected chi connectivity index (χ0v) is 9.74. The largest absolute Gasteiger partial charge is 0.381 e. The lowest BCUT2D eigenvalue weighted by Gasteiger charge is -2.06. The van der Waals surface area contributed by atoms with E-state index in [4.69, 9.17) is 4.74 Å². The van der Waals surface area contributed by atoms with Crippen LogP contribution in [0.3, 0.4) is 0 Å². The summed E-state index contributed by atoms with van der Waals surface area (Å²) in [5.74, 6) is 0.677. The van der Waals surface area contributed by atoms with Crippen LogP contribution in [-0.4, -0.2) is 19.0 Å². The maximum Gasteiger partial charge on any atom is 0.163 e. The normalized spacial score (nSPS) is 19.9. The Morgan fingerprint density at radius 1 is 1.38 bits per heavy atom. The fourth-order valence-corrected chi connectivity index (χ4v) is 2.05. The Balaban J connectivity index is 1.97. The standard InChI is InChI=1S/C14H18O2/c1-2-11-3-5-13(6-4-11)14(15)9-12-7-8-16-10-12/h3-6,12H,2,7-10H2,1H3. The number of aryl methyl sites for hydroxylation is 1. The molecule has 86 valence electrons. The van der Waals surface area contributed by atoms with Gasteiger partial charge in [0.25, 0.3) is 0 Å². The highest BCUT2D eigenvalue weighted by Gasteiger charge is 2.19. The summed E-state index contributed by atoms with van der Waals surface area (Å²) >= 11 is 0. The van der Waals surface area contributed by atoms with Gasteiger partial charge in [0.05, 0.1) is 0 Å². The first-order valence-electron chi connectivity index (χ1n) is 5.99. The van der Waals surface area contributed by atoms with Gasteiger partial charge < -0.3 is 4.74 Å². The molecule has 1 aromatic rings. The monoisotopic (exact) mass is 218 g/mol. The fourth-order valence-electron chi connectivity index (χ4n) is 2.05. The third-order valence-corrected chi connectivity index (χ3v) is 3.18. The van der Waals surface area contributed by atoms with Crippen molar-refractivity contribution >= 4 is 5.78 Å². The minimum atomic E-state index is 0.248. The molecule has 2 heteroatoms. The average Bonchev–Trinajstić information content (AvgIpc) is 2.82. The van der Waals surface area contributed by atoms with E-state index in [0.717, 1.165) is 31.6 Å². The molecule has 0 saturated carbocycles. The van der Waals surface area contributed by atoms with Gasteiger partial charge in [-0.3, -0.25) is 4.79 Å². The molecular formula is C14H18O2. The Hall–Kier alpha value is -1.15. The number of Topliss-reactive ketones (excluding diaryl/α,β-unsaturated/α-hetero) is 1. The second kappa shape index (κ2) is 5.26. The molecule has 0 N–H and O–H groups in total. The Bertz CT molecular complexity index is 348. The molecular weight excluding hydrogens is 200 g/mol. The molecule has 0 aromatic heterocycles. The van der Waals surface area contributed by atoms with Crippen molar-refractivity contribution in [1.29, 1.82) is 0 Å². The van der Waals surface area contributed by atoms with Crippen LogP contribution in [0.5, 0.6) is 0 Å². The van der Waals surface area contributed by atoms with Crippen LogP contribution < -0.4 is 0 Å². The van der Waals surface area contributed by atoms with E-state index in [9.17, 15) is 4.79 Å². The van der Waals surface area contributed by atoms with Gasteiger partial charge in [0.1, 0.15) is 0 Å². The van der Waals surface area contributed by atoms with Crippen LogP contribution in [0.1, 0.15) is 35.7 Å². The highest BCUT2D eigenvalue weighted by atomic mass is 16.5. The number of rotatable bonds is 4. The first kappa shape index (κ1) is 11.3. The van der Waals surface area contributed by atoms with Crippen LogP contribution in [0, 0.1) is 5.92 Å². The molecule has 1 heterocycles. The molecule has 1 aliphatic rings. The molecule has 1 aliphatic heterocycles. The van der Waals surface area contributed by atoms with E-state index in [-0.39, 0.29) is 5.78 Å². The van der Waals surface area contributed by atoms with E-state index in [1.54, 1.807) is 0 Å². The SMILES string of the molecule is CCc1ccc(C(=O)CC2CCOC2)cc1. The molecule has 2 nitrogen and oxygen atoms in total. The molecule has 0 bridgehead atoms. The minimum Gasteiger partial charge on any atom is -0.381 e. The van der Waals surface area contributed by atoms with Gasteiger partial charge in [-0.2, -0.15) is 0 Å². The zero-order chi connectivity index (χ0) is 11.4. The summed E-state index contributed by atoms with van der Waals surface area (Å²) in [4.78, 5) is 11.9. The van der Waals surface area contributed by atoms with Crippen molar-refractivity contribution in [1.82, 2.24) is 0 Å². The number of ketones is 1. The lowest BCUT2D eigenvalue weighted by atomic mass is 9.97. The van der Waals surface area contributed by atoms with Gasteiger partial charge >= 0.3 is 0 Å². The quantitative estimate of drug-likeness (QED) is 0.726. The van der Waals surface area contributed by atoms with Crippen molar-refractivity contribution in [3.8, 4) is 0 Å². The van der Waals surface area contributed by atoms with Gasteiger partial charge in [0.2, 0.25) is 0 Å². The number of carbonyl (C=O) groups excluding carboxylic acids is 1. The van der Waals surface area contributed by atoms with Gasteiger partial charge in [-0.05, 0) is 24.3 Å². The van der Waals surface area contributed by atoms with E-state index in [1.165, 1.54) is 5.56 Å². The van der Waals surface area contributed by atoms with Crippen LogP contribution in [0.25, 0.3) is 0 Å². The molecule has 1 unspecified atom stereocenters. The molecule has 1 fully saturated rings. The van der Waals surface area contributed by atoms with Gasteiger partial charge in [-0.25, -0.2) is 0 Å². The summed E-state index contributed by atoms with van der Waals surface area (Å²) in [6, 6.07) is 7.96. The summed E-state index contributed by atoms with van der Waals surface area (Å²) < 4.78 is 5.28. The topological polar surface area (TPSA) is 26.3 Å². The highest BCUT2D eigenvalue weighted by Crippen LogP contribution is 2.19. The Morgan fingerprint density at radius 3 is 2.69 bits per heavy atom. The number of ether oxygens (including phenoxy) is 1. The summed E-state index contributed by atoms with van der Waals surface area (Å²) in [5.41, 5.74) is 2.12. The maximum atomic E-state index is 11.9. The van der Waals surface area contributed by atoms with Crippen molar-refractivity contribution in [2.24, 2.45) is 5.92 Å². The summed E-state index contributed by atoms with van der Waals surface area (Å²) in [6.45, 7) is 3.68. The Kier molecular flexibility index (Phi) is 3.73. The number of hydrogen-bond donors (Lipinski definition) is 0. The summed E-state index contributed by atoms with van der Waals surface area (Å²) in [6.07, 6.45) is 2.68. The first-order valence-corrected chi connectivity index (χ1v) is 5.99. The van der Waals surface area contributed by atoms with Gasteiger partial charge in [0, 0.05) is 25.2 Å². The number of hydrogen-bond acceptors (Lipinski definition) is 2. The molecule has 0 radical (unpaired) electrons. The molecule has 0 amide bonds. The van der Waals surface area contributed by atoms with Gasteiger partial charge in [-0.15, -0.1) is 0 Å². The third kappa shape index (κ3) is 2.70. The molecule has 1 atom stereocenters. The van der Waals surface area contributed by atoms with Crippen LogP contribution in [0.15, 0.2) is 24.3 Å². The van der Waals surface area contributed by atoms with Gasteiger partial charge in [-0.1, -0.05) is 31.2 Å². The van der Waals surface area contributed by atoms with Gasteiger partial charge in [0.15, 0.2) is 5.78 Å². The molecule has 1 aromatic carbocycles. The van der Waals surface area contributed by atoms with Crippen molar-refractivity contribution in [2.75, 3.05) is 13.2 Å². The molecule has 0 aliphatic carbocycles. The van der Waals surface area contributed by atoms with Crippen molar-refractivity contribution in [3.63, 3.8) is 0 Å². The van der Waals surface area contributed by atoms with E-state index in [1.807, 2.05) is 24.3 Å². The van der Waals surface area contributed by atoms with Crippen LogP contribution >= 0.6 is 0 Å². The second-order valence-electron chi connectivity index (χ2n) is 4.41. The lowest BCUT2D eigenvalue weighted by molar-refractivity contribution is 0.0953. The predicted molar refractivity (Wildman–Crippen MR) is 63.7 cm³/mol. The molecule has 1 saturated heterocycles.